The van der Waals surface area contributed by atoms with E-state index >= 15 is 0 Å². The van der Waals surface area contributed by atoms with E-state index in [0.29, 0.717) is 19.5 Å². The standard InChI is InChI=1S/C16H24N2O2/c17-16(8-4-5-9-16)12-15(20)18(10-11-19)13-14-6-2-1-3-7-14/h1-3,6-7,19H,4-5,8-13,17H2. The third-order valence-corrected chi connectivity index (χ3v) is 4.04. The summed E-state index contributed by atoms with van der Waals surface area (Å²) in [6.07, 6.45) is 4.47. The average molecular weight is 276 g/mol. The number of aliphatic hydroxyl groups is 1. The molecule has 0 unspecified atom stereocenters. The number of nitrogens with zero attached hydrogens (tertiary/aromatic N) is 1. The molecule has 1 aromatic rings. The molecule has 1 aliphatic rings. The Bertz CT molecular complexity index is 427. The van der Waals surface area contributed by atoms with E-state index in [2.05, 4.69) is 0 Å². The largest absolute Gasteiger partial charge is 0.395 e. The Morgan fingerprint density at radius 1 is 1.25 bits per heavy atom. The Balaban J connectivity index is 1.98. The Kier molecular flexibility index (Phi) is 5.15. The first-order chi connectivity index (χ1) is 9.63. The summed E-state index contributed by atoms with van der Waals surface area (Å²) in [6, 6.07) is 9.85. The molecule has 0 aliphatic heterocycles. The molecular weight excluding hydrogens is 252 g/mol. The van der Waals surface area contributed by atoms with Crippen molar-refractivity contribution in [1.82, 2.24) is 4.90 Å². The first-order valence-corrected chi connectivity index (χ1v) is 7.34. The van der Waals surface area contributed by atoms with Gasteiger partial charge in [0.2, 0.25) is 5.91 Å². The molecule has 0 heterocycles. The summed E-state index contributed by atoms with van der Waals surface area (Å²) < 4.78 is 0. The summed E-state index contributed by atoms with van der Waals surface area (Å²) in [5.74, 6) is 0.0484. The predicted octanol–water partition coefficient (Wildman–Crippen LogP) is 1.67. The monoisotopic (exact) mass is 276 g/mol. The van der Waals surface area contributed by atoms with Crippen molar-refractivity contribution in [3.05, 3.63) is 35.9 Å². The molecule has 1 amide bonds. The highest BCUT2D eigenvalue weighted by Crippen LogP contribution is 2.30. The number of hydrogen-bond acceptors (Lipinski definition) is 3. The van der Waals surface area contributed by atoms with Gasteiger partial charge in [-0.1, -0.05) is 43.2 Å². The van der Waals surface area contributed by atoms with Gasteiger partial charge in [-0.2, -0.15) is 0 Å². The Labute approximate surface area is 120 Å². The quantitative estimate of drug-likeness (QED) is 0.830. The van der Waals surface area contributed by atoms with Gasteiger partial charge in [-0.05, 0) is 18.4 Å². The van der Waals surface area contributed by atoms with Gasteiger partial charge in [-0.3, -0.25) is 4.79 Å². The van der Waals surface area contributed by atoms with Crippen LogP contribution in [0.4, 0.5) is 0 Å². The maximum atomic E-state index is 12.4. The number of carbonyl (C=O) groups excluding carboxylic acids is 1. The fourth-order valence-electron chi connectivity index (χ4n) is 2.89. The number of rotatable bonds is 6. The summed E-state index contributed by atoms with van der Waals surface area (Å²) in [7, 11) is 0. The van der Waals surface area contributed by atoms with Gasteiger partial charge < -0.3 is 15.7 Å². The molecule has 0 spiro atoms. The number of benzene rings is 1. The zero-order chi connectivity index (χ0) is 14.4. The number of hydrogen-bond donors (Lipinski definition) is 2. The van der Waals surface area contributed by atoms with Gasteiger partial charge in [0.25, 0.3) is 0 Å². The van der Waals surface area contributed by atoms with Gasteiger partial charge in [0.1, 0.15) is 0 Å². The molecule has 2 rings (SSSR count). The zero-order valence-corrected chi connectivity index (χ0v) is 11.9. The molecule has 1 aliphatic carbocycles. The van der Waals surface area contributed by atoms with Crippen LogP contribution in [0.25, 0.3) is 0 Å². The van der Waals surface area contributed by atoms with Crippen molar-refractivity contribution in [1.29, 1.82) is 0 Å². The van der Waals surface area contributed by atoms with Crippen molar-refractivity contribution in [2.24, 2.45) is 5.73 Å². The topological polar surface area (TPSA) is 66.6 Å². The molecule has 110 valence electrons. The summed E-state index contributed by atoms with van der Waals surface area (Å²) >= 11 is 0. The molecule has 1 saturated carbocycles. The number of amides is 1. The SMILES string of the molecule is NC1(CC(=O)N(CCO)Cc2ccccc2)CCCC1. The first kappa shape index (κ1) is 15.0. The minimum atomic E-state index is -0.332. The third kappa shape index (κ3) is 4.05. The van der Waals surface area contributed by atoms with Crippen LogP contribution >= 0.6 is 0 Å². The molecule has 0 radical (unpaired) electrons. The second-order valence-electron chi connectivity index (χ2n) is 5.77. The van der Waals surface area contributed by atoms with Crippen molar-refractivity contribution < 1.29 is 9.90 Å². The summed E-state index contributed by atoms with van der Waals surface area (Å²) in [5, 5.41) is 9.16. The van der Waals surface area contributed by atoms with Gasteiger partial charge in [-0.15, -0.1) is 0 Å². The highest BCUT2D eigenvalue weighted by Gasteiger charge is 2.33. The molecule has 0 bridgehead atoms. The summed E-state index contributed by atoms with van der Waals surface area (Å²) in [6.45, 7) is 0.885. The average Bonchev–Trinajstić information content (AvgIpc) is 2.86. The second-order valence-corrected chi connectivity index (χ2v) is 5.77. The number of aliphatic hydroxyl groups excluding tert-OH is 1. The Morgan fingerprint density at radius 3 is 2.50 bits per heavy atom. The Morgan fingerprint density at radius 2 is 1.90 bits per heavy atom. The fraction of sp³-hybridized carbons (Fsp3) is 0.562. The third-order valence-electron chi connectivity index (χ3n) is 4.04. The van der Waals surface area contributed by atoms with Gasteiger partial charge in [0.05, 0.1) is 6.61 Å². The molecule has 4 heteroatoms. The highest BCUT2D eigenvalue weighted by atomic mass is 16.3. The lowest BCUT2D eigenvalue weighted by Gasteiger charge is -2.28. The van der Waals surface area contributed by atoms with E-state index in [1.807, 2.05) is 30.3 Å². The van der Waals surface area contributed by atoms with Crippen LogP contribution in [-0.2, 0) is 11.3 Å². The van der Waals surface area contributed by atoms with Gasteiger partial charge in [-0.25, -0.2) is 0 Å². The summed E-state index contributed by atoms with van der Waals surface area (Å²) in [5.41, 5.74) is 7.02. The molecular formula is C16H24N2O2. The molecule has 3 N–H and O–H groups in total. The van der Waals surface area contributed by atoms with E-state index in [9.17, 15) is 4.79 Å². The van der Waals surface area contributed by atoms with Gasteiger partial charge in [0, 0.05) is 25.0 Å². The fourth-order valence-corrected chi connectivity index (χ4v) is 2.89. The van der Waals surface area contributed by atoms with E-state index in [-0.39, 0.29) is 18.1 Å². The number of carbonyl (C=O) groups is 1. The maximum absolute atomic E-state index is 12.4. The van der Waals surface area contributed by atoms with E-state index in [0.717, 1.165) is 31.2 Å². The molecule has 0 atom stereocenters. The van der Waals surface area contributed by atoms with E-state index in [1.54, 1.807) is 4.90 Å². The smallest absolute Gasteiger partial charge is 0.224 e. The van der Waals surface area contributed by atoms with Crippen LogP contribution in [0.15, 0.2) is 30.3 Å². The van der Waals surface area contributed by atoms with Crippen LogP contribution in [0, 0.1) is 0 Å². The first-order valence-electron chi connectivity index (χ1n) is 7.34. The van der Waals surface area contributed by atoms with Crippen molar-refractivity contribution in [3.8, 4) is 0 Å². The normalized spacial score (nSPS) is 17.1. The predicted molar refractivity (Wildman–Crippen MR) is 78.9 cm³/mol. The minimum absolute atomic E-state index is 0.0177. The van der Waals surface area contributed by atoms with E-state index in [4.69, 9.17) is 10.8 Å². The molecule has 1 aromatic carbocycles. The van der Waals surface area contributed by atoms with Crippen LogP contribution in [0.2, 0.25) is 0 Å². The molecule has 20 heavy (non-hydrogen) atoms. The summed E-state index contributed by atoms with van der Waals surface area (Å²) in [4.78, 5) is 14.1. The Hall–Kier alpha value is -1.39. The van der Waals surface area contributed by atoms with Crippen LogP contribution in [0.5, 0.6) is 0 Å². The van der Waals surface area contributed by atoms with Gasteiger partial charge in [0.15, 0.2) is 0 Å². The maximum Gasteiger partial charge on any atom is 0.224 e. The lowest BCUT2D eigenvalue weighted by atomic mass is 9.94. The van der Waals surface area contributed by atoms with Crippen molar-refractivity contribution in [2.45, 2.75) is 44.2 Å². The van der Waals surface area contributed by atoms with Crippen molar-refractivity contribution in [2.75, 3.05) is 13.2 Å². The second kappa shape index (κ2) is 6.86. The molecule has 4 nitrogen and oxygen atoms in total. The molecule has 0 aromatic heterocycles. The molecule has 1 fully saturated rings. The van der Waals surface area contributed by atoms with Gasteiger partial charge >= 0.3 is 0 Å². The van der Waals surface area contributed by atoms with Crippen LogP contribution < -0.4 is 5.73 Å². The highest BCUT2D eigenvalue weighted by molar-refractivity contribution is 5.77. The van der Waals surface area contributed by atoms with E-state index < -0.39 is 0 Å². The van der Waals surface area contributed by atoms with Crippen LogP contribution in [0.1, 0.15) is 37.7 Å². The molecule has 0 saturated heterocycles. The number of nitrogens with two attached hydrogens (primary N) is 1. The lowest BCUT2D eigenvalue weighted by molar-refractivity contribution is -0.133. The van der Waals surface area contributed by atoms with Crippen LogP contribution in [-0.4, -0.2) is 34.6 Å². The van der Waals surface area contributed by atoms with Crippen molar-refractivity contribution >= 4 is 5.91 Å². The van der Waals surface area contributed by atoms with Crippen LogP contribution in [0.3, 0.4) is 0 Å². The zero-order valence-electron chi connectivity index (χ0n) is 11.9. The van der Waals surface area contributed by atoms with Crippen molar-refractivity contribution in [3.63, 3.8) is 0 Å². The van der Waals surface area contributed by atoms with E-state index in [1.165, 1.54) is 0 Å². The lowest BCUT2D eigenvalue weighted by Crippen LogP contribution is -2.44. The minimum Gasteiger partial charge on any atom is -0.395 e.